The molecule has 7 heteroatoms. The molecule has 0 unspecified atom stereocenters. The highest BCUT2D eigenvalue weighted by atomic mass is 16.6. The fourth-order valence-corrected chi connectivity index (χ4v) is 2.11. The normalized spacial score (nSPS) is 24.4. The van der Waals surface area contributed by atoms with Crippen molar-refractivity contribution in [1.29, 1.82) is 0 Å². The van der Waals surface area contributed by atoms with Crippen LogP contribution in [0.2, 0.25) is 0 Å². The third kappa shape index (κ3) is 4.27. The Bertz CT molecular complexity index is 360. The summed E-state index contributed by atoms with van der Waals surface area (Å²) in [5, 5.41) is 5.43. The number of rotatable bonds is 3. The summed E-state index contributed by atoms with van der Waals surface area (Å²) >= 11 is 0. The molecule has 0 aliphatic carbocycles. The van der Waals surface area contributed by atoms with Crippen molar-refractivity contribution < 1.29 is 19.1 Å². The van der Waals surface area contributed by atoms with Crippen LogP contribution in [0.25, 0.3) is 0 Å². The molecule has 0 bridgehead atoms. The number of amides is 2. The molecular weight excluding hydrogens is 250 g/mol. The number of likely N-dealkylation sites (tertiary alicyclic amines) is 1. The van der Waals surface area contributed by atoms with E-state index in [9.17, 15) is 9.59 Å². The number of nitrogens with one attached hydrogen (secondary N) is 2. The van der Waals surface area contributed by atoms with Gasteiger partial charge in [0.05, 0.1) is 12.6 Å². The van der Waals surface area contributed by atoms with Crippen LogP contribution in [0.4, 0.5) is 9.59 Å². The molecule has 2 amide bonds. The highest BCUT2D eigenvalue weighted by Crippen LogP contribution is 2.13. The van der Waals surface area contributed by atoms with Gasteiger partial charge in [-0.3, -0.25) is 4.90 Å². The second-order valence-electron chi connectivity index (χ2n) is 5.97. The van der Waals surface area contributed by atoms with Gasteiger partial charge in [0.2, 0.25) is 0 Å². The number of cyclic esters (lactones) is 1. The molecule has 0 spiro atoms. The van der Waals surface area contributed by atoms with E-state index in [1.165, 1.54) is 0 Å². The predicted octanol–water partition coefficient (Wildman–Crippen LogP) is 0.304. The SMILES string of the molecule is CC(C)(C)OC(=O)NC1CN(C[C@@H]2CNC(=O)O2)C1. The Morgan fingerprint density at radius 2 is 2.21 bits per heavy atom. The predicted molar refractivity (Wildman–Crippen MR) is 67.9 cm³/mol. The van der Waals surface area contributed by atoms with Crippen molar-refractivity contribution in [3.8, 4) is 0 Å². The zero-order valence-electron chi connectivity index (χ0n) is 11.6. The van der Waals surface area contributed by atoms with Crippen molar-refractivity contribution in [3.05, 3.63) is 0 Å². The Hall–Kier alpha value is -1.50. The number of nitrogens with zero attached hydrogens (tertiary/aromatic N) is 1. The van der Waals surface area contributed by atoms with Gasteiger partial charge in [-0.25, -0.2) is 9.59 Å². The van der Waals surface area contributed by atoms with Crippen molar-refractivity contribution >= 4 is 12.2 Å². The minimum atomic E-state index is -0.475. The van der Waals surface area contributed by atoms with E-state index in [1.54, 1.807) is 0 Å². The van der Waals surface area contributed by atoms with Gasteiger partial charge in [0.15, 0.2) is 0 Å². The van der Waals surface area contributed by atoms with Crippen LogP contribution in [0.15, 0.2) is 0 Å². The van der Waals surface area contributed by atoms with Gasteiger partial charge in [0, 0.05) is 19.6 Å². The average Bonchev–Trinajstić information content (AvgIpc) is 2.58. The van der Waals surface area contributed by atoms with Crippen LogP contribution in [-0.4, -0.2) is 61.0 Å². The van der Waals surface area contributed by atoms with E-state index in [0.717, 1.165) is 13.1 Å². The smallest absolute Gasteiger partial charge is 0.407 e. The van der Waals surface area contributed by atoms with E-state index in [0.29, 0.717) is 13.1 Å². The summed E-state index contributed by atoms with van der Waals surface area (Å²) in [4.78, 5) is 24.5. The summed E-state index contributed by atoms with van der Waals surface area (Å²) in [7, 11) is 0. The molecule has 2 fully saturated rings. The molecule has 2 saturated heterocycles. The van der Waals surface area contributed by atoms with Gasteiger partial charge in [-0.1, -0.05) is 0 Å². The van der Waals surface area contributed by atoms with Crippen LogP contribution in [-0.2, 0) is 9.47 Å². The average molecular weight is 271 g/mol. The largest absolute Gasteiger partial charge is 0.444 e. The van der Waals surface area contributed by atoms with Gasteiger partial charge in [0.1, 0.15) is 11.7 Å². The highest BCUT2D eigenvalue weighted by molar-refractivity contribution is 5.69. The van der Waals surface area contributed by atoms with Gasteiger partial charge < -0.3 is 20.1 Å². The zero-order chi connectivity index (χ0) is 14.0. The second-order valence-corrected chi connectivity index (χ2v) is 5.97. The fraction of sp³-hybridized carbons (Fsp3) is 0.833. The Morgan fingerprint density at radius 1 is 1.53 bits per heavy atom. The van der Waals surface area contributed by atoms with E-state index >= 15 is 0 Å². The van der Waals surface area contributed by atoms with Crippen LogP contribution in [0, 0.1) is 0 Å². The molecule has 7 nitrogen and oxygen atoms in total. The van der Waals surface area contributed by atoms with Crippen LogP contribution >= 0.6 is 0 Å². The van der Waals surface area contributed by atoms with Gasteiger partial charge in [-0.05, 0) is 20.8 Å². The fourth-order valence-electron chi connectivity index (χ4n) is 2.11. The van der Waals surface area contributed by atoms with E-state index < -0.39 is 5.60 Å². The molecule has 0 aromatic heterocycles. The summed E-state index contributed by atoms with van der Waals surface area (Å²) in [6.07, 6.45) is -0.824. The number of alkyl carbamates (subject to hydrolysis) is 2. The van der Waals surface area contributed by atoms with Crippen molar-refractivity contribution in [2.24, 2.45) is 0 Å². The minimum Gasteiger partial charge on any atom is -0.444 e. The Balaban J connectivity index is 1.61. The molecule has 2 rings (SSSR count). The van der Waals surface area contributed by atoms with Gasteiger partial charge in [-0.2, -0.15) is 0 Å². The van der Waals surface area contributed by atoms with E-state index in [4.69, 9.17) is 9.47 Å². The Morgan fingerprint density at radius 3 is 2.74 bits per heavy atom. The third-order valence-electron chi connectivity index (χ3n) is 2.89. The lowest BCUT2D eigenvalue weighted by Crippen LogP contribution is -2.61. The number of carbonyl (C=O) groups is 2. The van der Waals surface area contributed by atoms with Gasteiger partial charge in [0.25, 0.3) is 0 Å². The number of carbonyl (C=O) groups excluding carboxylic acids is 2. The molecule has 0 aromatic carbocycles. The lowest BCUT2D eigenvalue weighted by molar-refractivity contribution is 0.0326. The maximum atomic E-state index is 11.5. The van der Waals surface area contributed by atoms with Crippen LogP contribution < -0.4 is 10.6 Å². The molecule has 0 radical (unpaired) electrons. The summed E-state index contributed by atoms with van der Waals surface area (Å²) in [5.74, 6) is 0. The third-order valence-corrected chi connectivity index (χ3v) is 2.89. The lowest BCUT2D eigenvalue weighted by atomic mass is 10.1. The van der Waals surface area contributed by atoms with Crippen molar-refractivity contribution in [2.45, 2.75) is 38.5 Å². The van der Waals surface area contributed by atoms with Crippen LogP contribution in [0.5, 0.6) is 0 Å². The van der Waals surface area contributed by atoms with Crippen LogP contribution in [0.1, 0.15) is 20.8 Å². The van der Waals surface area contributed by atoms with E-state index in [1.807, 2.05) is 20.8 Å². The Kier molecular flexibility index (Phi) is 3.84. The number of hydrogen-bond donors (Lipinski definition) is 2. The van der Waals surface area contributed by atoms with Crippen molar-refractivity contribution in [2.75, 3.05) is 26.2 Å². The first kappa shape index (κ1) is 13.9. The molecule has 108 valence electrons. The Labute approximate surface area is 112 Å². The molecule has 19 heavy (non-hydrogen) atoms. The number of ether oxygens (including phenoxy) is 2. The van der Waals surface area contributed by atoms with Crippen molar-refractivity contribution in [1.82, 2.24) is 15.5 Å². The van der Waals surface area contributed by atoms with E-state index in [2.05, 4.69) is 15.5 Å². The summed E-state index contributed by atoms with van der Waals surface area (Å²) in [6.45, 7) is 8.27. The summed E-state index contributed by atoms with van der Waals surface area (Å²) < 4.78 is 10.2. The molecule has 0 saturated carbocycles. The molecule has 2 heterocycles. The quantitative estimate of drug-likeness (QED) is 0.772. The first-order valence-corrected chi connectivity index (χ1v) is 6.48. The van der Waals surface area contributed by atoms with E-state index in [-0.39, 0.29) is 24.3 Å². The highest BCUT2D eigenvalue weighted by Gasteiger charge is 2.33. The summed E-state index contributed by atoms with van der Waals surface area (Å²) in [5.41, 5.74) is -0.475. The summed E-state index contributed by atoms with van der Waals surface area (Å²) in [6, 6.07) is 0.111. The van der Waals surface area contributed by atoms with Gasteiger partial charge >= 0.3 is 12.2 Å². The first-order chi connectivity index (χ1) is 8.82. The van der Waals surface area contributed by atoms with Crippen LogP contribution in [0.3, 0.4) is 0 Å². The molecule has 1 atom stereocenters. The first-order valence-electron chi connectivity index (χ1n) is 6.48. The maximum absolute atomic E-state index is 11.5. The topological polar surface area (TPSA) is 79.9 Å². The molecule has 2 aliphatic heterocycles. The van der Waals surface area contributed by atoms with Crippen molar-refractivity contribution in [3.63, 3.8) is 0 Å². The lowest BCUT2D eigenvalue weighted by Gasteiger charge is -2.40. The zero-order valence-corrected chi connectivity index (χ0v) is 11.6. The molecule has 0 aromatic rings. The molecule has 2 N–H and O–H groups in total. The maximum Gasteiger partial charge on any atom is 0.407 e. The monoisotopic (exact) mass is 271 g/mol. The van der Waals surface area contributed by atoms with Gasteiger partial charge in [-0.15, -0.1) is 0 Å². The standard InChI is InChI=1S/C12H21N3O4/c1-12(2,3)19-11(17)14-8-5-15(6-8)7-9-4-13-10(16)18-9/h8-9H,4-7H2,1-3H3,(H,13,16)(H,14,17)/t9-/m0/s1. The number of hydrogen-bond acceptors (Lipinski definition) is 5. The molecular formula is C12H21N3O4. The second kappa shape index (κ2) is 5.24. The molecule has 2 aliphatic rings. The minimum absolute atomic E-state index is 0.0880.